The fourth-order valence-electron chi connectivity index (χ4n) is 1.48. The van der Waals surface area contributed by atoms with Crippen LogP contribution < -0.4 is 10.1 Å². The lowest BCUT2D eigenvalue weighted by molar-refractivity contribution is 0.112. The molecule has 0 radical (unpaired) electrons. The van der Waals surface area contributed by atoms with Crippen LogP contribution in [-0.2, 0) is 6.54 Å². The monoisotopic (exact) mass is 282 g/mol. The van der Waals surface area contributed by atoms with Gasteiger partial charge >= 0.3 is 0 Å². The normalized spacial score (nSPS) is 10.1. The zero-order valence-corrected chi connectivity index (χ0v) is 11.2. The van der Waals surface area contributed by atoms with Crippen molar-refractivity contribution in [3.63, 3.8) is 0 Å². The average molecular weight is 283 g/mol. The van der Waals surface area contributed by atoms with Crippen LogP contribution in [0.2, 0.25) is 4.47 Å². The molecule has 0 bridgehead atoms. The second kappa shape index (κ2) is 5.84. The molecule has 1 aromatic carbocycles. The van der Waals surface area contributed by atoms with Crippen molar-refractivity contribution < 1.29 is 9.53 Å². The highest BCUT2D eigenvalue weighted by molar-refractivity contribution is 7.15. The fourth-order valence-corrected chi connectivity index (χ4v) is 2.40. The van der Waals surface area contributed by atoms with Crippen LogP contribution in [0.25, 0.3) is 0 Å². The molecular weight excluding hydrogens is 272 g/mol. The molecule has 18 heavy (non-hydrogen) atoms. The Balaban J connectivity index is 2.14. The molecule has 0 saturated heterocycles. The zero-order valence-electron chi connectivity index (χ0n) is 9.64. The van der Waals surface area contributed by atoms with E-state index in [4.69, 9.17) is 16.3 Å². The summed E-state index contributed by atoms with van der Waals surface area (Å²) in [5.74, 6) is 0.691. The van der Waals surface area contributed by atoms with Gasteiger partial charge in [0.1, 0.15) is 12.0 Å². The minimum absolute atomic E-state index is 0.514. The Labute approximate surface area is 114 Å². The first-order chi connectivity index (χ1) is 8.72. The van der Waals surface area contributed by atoms with Crippen LogP contribution in [0, 0.1) is 0 Å². The van der Waals surface area contributed by atoms with Gasteiger partial charge in [-0.05, 0) is 18.2 Å². The van der Waals surface area contributed by atoms with Gasteiger partial charge in [-0.25, -0.2) is 4.98 Å². The Morgan fingerprint density at radius 2 is 2.39 bits per heavy atom. The van der Waals surface area contributed by atoms with E-state index in [-0.39, 0.29) is 0 Å². The fraction of sp³-hybridized carbons (Fsp3) is 0.167. The Morgan fingerprint density at radius 1 is 1.56 bits per heavy atom. The van der Waals surface area contributed by atoms with E-state index in [0.717, 1.165) is 16.9 Å². The number of ether oxygens (including phenoxy) is 1. The number of benzene rings is 1. The number of halogens is 1. The van der Waals surface area contributed by atoms with Crippen molar-refractivity contribution in [2.75, 3.05) is 12.4 Å². The number of carbonyl (C=O) groups excluding carboxylic acids is 1. The molecule has 0 saturated carbocycles. The molecule has 0 amide bonds. The number of carbonyl (C=O) groups is 1. The SMILES string of the molecule is COc1ccc(C=O)cc1NCc1cnc(Cl)s1. The Hall–Kier alpha value is -1.59. The number of nitrogens with one attached hydrogen (secondary N) is 1. The van der Waals surface area contributed by atoms with E-state index < -0.39 is 0 Å². The minimum Gasteiger partial charge on any atom is -0.495 e. The van der Waals surface area contributed by atoms with E-state index in [0.29, 0.717) is 22.3 Å². The van der Waals surface area contributed by atoms with Crippen LogP contribution >= 0.6 is 22.9 Å². The molecule has 0 atom stereocenters. The topological polar surface area (TPSA) is 51.2 Å². The number of anilines is 1. The Bertz CT molecular complexity index is 557. The molecule has 0 aliphatic heterocycles. The lowest BCUT2D eigenvalue weighted by Gasteiger charge is -2.10. The Kier molecular flexibility index (Phi) is 4.17. The number of hydrogen-bond donors (Lipinski definition) is 1. The molecule has 4 nitrogen and oxygen atoms in total. The molecule has 1 heterocycles. The molecule has 2 aromatic rings. The lowest BCUT2D eigenvalue weighted by Crippen LogP contribution is -2.00. The maximum absolute atomic E-state index is 10.7. The maximum Gasteiger partial charge on any atom is 0.183 e. The van der Waals surface area contributed by atoms with Gasteiger partial charge in [-0.1, -0.05) is 11.6 Å². The number of hydrogen-bond acceptors (Lipinski definition) is 5. The van der Waals surface area contributed by atoms with E-state index in [1.807, 2.05) is 0 Å². The minimum atomic E-state index is 0.514. The zero-order chi connectivity index (χ0) is 13.0. The summed E-state index contributed by atoms with van der Waals surface area (Å²) in [5.41, 5.74) is 1.37. The van der Waals surface area contributed by atoms with E-state index in [9.17, 15) is 4.79 Å². The van der Waals surface area contributed by atoms with E-state index in [1.54, 1.807) is 31.5 Å². The summed E-state index contributed by atoms with van der Waals surface area (Å²) < 4.78 is 5.74. The van der Waals surface area contributed by atoms with Crippen LogP contribution in [0.3, 0.4) is 0 Å². The third-order valence-corrected chi connectivity index (χ3v) is 3.45. The standard InChI is InChI=1S/C12H11ClN2O2S/c1-17-11-3-2-8(7-16)4-10(11)14-5-9-6-15-12(13)18-9/h2-4,6-7,14H,5H2,1H3. The largest absolute Gasteiger partial charge is 0.495 e. The maximum atomic E-state index is 10.7. The molecule has 1 N–H and O–H groups in total. The number of aromatic nitrogens is 1. The van der Waals surface area contributed by atoms with Crippen molar-refractivity contribution in [1.29, 1.82) is 0 Å². The highest BCUT2D eigenvalue weighted by atomic mass is 35.5. The highest BCUT2D eigenvalue weighted by Crippen LogP contribution is 2.26. The summed E-state index contributed by atoms with van der Waals surface area (Å²) in [5, 5.41) is 3.20. The van der Waals surface area contributed by atoms with Crippen molar-refractivity contribution in [3.8, 4) is 5.75 Å². The summed E-state index contributed by atoms with van der Waals surface area (Å²) in [6.07, 6.45) is 2.52. The smallest absolute Gasteiger partial charge is 0.183 e. The van der Waals surface area contributed by atoms with Crippen LogP contribution in [0.5, 0.6) is 5.75 Å². The Morgan fingerprint density at radius 3 is 3.00 bits per heavy atom. The van der Waals surface area contributed by atoms with Gasteiger partial charge in [0.2, 0.25) is 0 Å². The van der Waals surface area contributed by atoms with Crippen molar-refractivity contribution >= 4 is 34.9 Å². The van der Waals surface area contributed by atoms with Gasteiger partial charge in [0.25, 0.3) is 0 Å². The van der Waals surface area contributed by atoms with Crippen LogP contribution in [0.4, 0.5) is 5.69 Å². The molecule has 0 spiro atoms. The molecular formula is C12H11ClN2O2S. The predicted molar refractivity (Wildman–Crippen MR) is 72.8 cm³/mol. The first kappa shape index (κ1) is 12.9. The van der Waals surface area contributed by atoms with Gasteiger partial charge in [0.05, 0.1) is 19.3 Å². The molecule has 1 aromatic heterocycles. The molecule has 2 rings (SSSR count). The summed E-state index contributed by atoms with van der Waals surface area (Å²) in [7, 11) is 1.59. The number of rotatable bonds is 5. The molecule has 0 unspecified atom stereocenters. The first-order valence-corrected chi connectivity index (χ1v) is 6.39. The first-order valence-electron chi connectivity index (χ1n) is 5.20. The van der Waals surface area contributed by atoms with Gasteiger partial charge in [-0.2, -0.15) is 0 Å². The molecule has 0 aliphatic rings. The average Bonchev–Trinajstić information content (AvgIpc) is 2.81. The van der Waals surface area contributed by atoms with E-state index in [1.165, 1.54) is 11.3 Å². The molecule has 6 heteroatoms. The van der Waals surface area contributed by atoms with Crippen molar-refractivity contribution in [2.45, 2.75) is 6.54 Å². The van der Waals surface area contributed by atoms with Gasteiger partial charge in [-0.15, -0.1) is 11.3 Å². The van der Waals surface area contributed by atoms with Crippen molar-refractivity contribution in [3.05, 3.63) is 39.3 Å². The predicted octanol–water partition coefficient (Wildman–Crippen LogP) is 3.23. The number of aldehydes is 1. The summed E-state index contributed by atoms with van der Waals surface area (Å²) in [4.78, 5) is 15.7. The van der Waals surface area contributed by atoms with E-state index >= 15 is 0 Å². The van der Waals surface area contributed by atoms with Crippen molar-refractivity contribution in [1.82, 2.24) is 4.98 Å². The second-order valence-corrected chi connectivity index (χ2v) is 5.21. The van der Waals surface area contributed by atoms with Crippen molar-refractivity contribution in [2.24, 2.45) is 0 Å². The molecule has 94 valence electrons. The summed E-state index contributed by atoms with van der Waals surface area (Å²) in [6, 6.07) is 5.21. The van der Waals surface area contributed by atoms with Crippen LogP contribution in [0.15, 0.2) is 24.4 Å². The van der Waals surface area contributed by atoms with Gasteiger partial charge in [-0.3, -0.25) is 4.79 Å². The van der Waals surface area contributed by atoms with E-state index in [2.05, 4.69) is 10.3 Å². The molecule has 0 fully saturated rings. The summed E-state index contributed by atoms with van der Waals surface area (Å²) in [6.45, 7) is 0.586. The van der Waals surface area contributed by atoms with Gasteiger partial charge in [0.15, 0.2) is 4.47 Å². The van der Waals surface area contributed by atoms with Gasteiger partial charge < -0.3 is 10.1 Å². The van der Waals surface area contributed by atoms with Crippen LogP contribution in [-0.4, -0.2) is 18.4 Å². The highest BCUT2D eigenvalue weighted by Gasteiger charge is 2.05. The molecule has 0 aliphatic carbocycles. The summed E-state index contributed by atoms with van der Waals surface area (Å²) >= 11 is 7.17. The number of nitrogens with zero attached hydrogens (tertiary/aromatic N) is 1. The number of thiazole rings is 1. The quantitative estimate of drug-likeness (QED) is 0.856. The van der Waals surface area contributed by atoms with Crippen LogP contribution in [0.1, 0.15) is 15.2 Å². The third-order valence-electron chi connectivity index (χ3n) is 2.34. The third kappa shape index (κ3) is 3.00. The second-order valence-electron chi connectivity index (χ2n) is 3.51. The lowest BCUT2D eigenvalue weighted by atomic mass is 10.2. The number of methoxy groups -OCH3 is 1. The van der Waals surface area contributed by atoms with Gasteiger partial charge in [0, 0.05) is 16.6 Å².